The second kappa shape index (κ2) is 6.65. The molecule has 2 rings (SSSR count). The van der Waals surface area contributed by atoms with Crippen LogP contribution in [0.3, 0.4) is 0 Å². The van der Waals surface area contributed by atoms with Crippen molar-refractivity contribution < 1.29 is 14.3 Å². The van der Waals surface area contributed by atoms with Gasteiger partial charge in [-0.05, 0) is 37.6 Å². The van der Waals surface area contributed by atoms with Crippen molar-refractivity contribution in [3.05, 3.63) is 59.9 Å². The Balaban J connectivity index is 1.97. The summed E-state index contributed by atoms with van der Waals surface area (Å²) in [5.74, 6) is -0.920. The van der Waals surface area contributed by atoms with E-state index in [0.717, 1.165) is 5.56 Å². The third-order valence-electron chi connectivity index (χ3n) is 2.97. The highest BCUT2D eigenvalue weighted by molar-refractivity contribution is 5.97. The van der Waals surface area contributed by atoms with Crippen molar-refractivity contribution in [2.45, 2.75) is 20.0 Å². The minimum Gasteiger partial charge on any atom is -0.449 e. The zero-order chi connectivity index (χ0) is 15.2. The highest BCUT2D eigenvalue weighted by atomic mass is 16.5. The monoisotopic (exact) mass is 284 g/mol. The number of aryl methyl sites for hydroxylation is 1. The number of rotatable bonds is 4. The fourth-order valence-electron chi connectivity index (χ4n) is 1.72. The number of esters is 1. The zero-order valence-corrected chi connectivity index (χ0v) is 11.9. The molecule has 1 atom stereocenters. The molecule has 0 spiro atoms. The van der Waals surface area contributed by atoms with Crippen LogP contribution in [0, 0.1) is 6.92 Å². The van der Waals surface area contributed by atoms with E-state index in [2.05, 4.69) is 10.3 Å². The highest BCUT2D eigenvalue weighted by Gasteiger charge is 2.19. The molecule has 5 nitrogen and oxygen atoms in total. The lowest BCUT2D eigenvalue weighted by Gasteiger charge is -2.14. The molecule has 0 aliphatic carbocycles. The van der Waals surface area contributed by atoms with Gasteiger partial charge in [0.25, 0.3) is 5.91 Å². The van der Waals surface area contributed by atoms with Gasteiger partial charge in [-0.2, -0.15) is 0 Å². The van der Waals surface area contributed by atoms with E-state index in [0.29, 0.717) is 11.3 Å². The molecule has 2 aromatic rings. The summed E-state index contributed by atoms with van der Waals surface area (Å²) in [5, 5.41) is 2.74. The molecule has 1 unspecified atom stereocenters. The van der Waals surface area contributed by atoms with E-state index in [9.17, 15) is 9.59 Å². The Bertz CT molecular complexity index is 641. The molecule has 0 radical (unpaired) electrons. The number of benzene rings is 1. The van der Waals surface area contributed by atoms with E-state index in [1.807, 2.05) is 25.1 Å². The van der Waals surface area contributed by atoms with Gasteiger partial charge in [0.15, 0.2) is 6.10 Å². The number of carbonyl (C=O) groups is 2. The average molecular weight is 284 g/mol. The average Bonchev–Trinajstić information content (AvgIpc) is 2.50. The Hall–Kier alpha value is -2.69. The smallest absolute Gasteiger partial charge is 0.339 e. The third kappa shape index (κ3) is 3.89. The molecular weight excluding hydrogens is 268 g/mol. The summed E-state index contributed by atoms with van der Waals surface area (Å²) in [6.45, 7) is 3.43. The van der Waals surface area contributed by atoms with Crippen molar-refractivity contribution >= 4 is 17.6 Å². The molecule has 1 aromatic heterocycles. The summed E-state index contributed by atoms with van der Waals surface area (Å²) in [7, 11) is 0. The molecule has 21 heavy (non-hydrogen) atoms. The molecular formula is C16H16N2O3. The number of carbonyl (C=O) groups excluding carboxylic acids is 2. The Labute approximate surface area is 123 Å². The Morgan fingerprint density at radius 1 is 1.14 bits per heavy atom. The predicted octanol–water partition coefficient (Wildman–Crippen LogP) is 2.57. The molecule has 0 fully saturated rings. The third-order valence-corrected chi connectivity index (χ3v) is 2.97. The van der Waals surface area contributed by atoms with Crippen LogP contribution in [-0.4, -0.2) is 23.0 Å². The number of para-hydroxylation sites is 1. The summed E-state index contributed by atoms with van der Waals surface area (Å²) in [5.41, 5.74) is 2.01. The summed E-state index contributed by atoms with van der Waals surface area (Å²) in [6.07, 6.45) is 2.11. The molecule has 0 saturated heterocycles. The Morgan fingerprint density at radius 3 is 2.48 bits per heavy atom. The van der Waals surface area contributed by atoms with Crippen LogP contribution in [0.25, 0.3) is 0 Å². The van der Waals surface area contributed by atoms with E-state index in [1.54, 1.807) is 6.07 Å². The normalized spacial score (nSPS) is 11.5. The number of anilines is 1. The van der Waals surface area contributed by atoms with Crippen LogP contribution in [-0.2, 0) is 9.53 Å². The lowest BCUT2D eigenvalue weighted by Crippen LogP contribution is -2.30. The number of nitrogens with one attached hydrogen (secondary N) is 1. The molecule has 1 N–H and O–H groups in total. The van der Waals surface area contributed by atoms with E-state index >= 15 is 0 Å². The van der Waals surface area contributed by atoms with Crippen molar-refractivity contribution in [2.75, 3.05) is 5.32 Å². The van der Waals surface area contributed by atoms with E-state index in [-0.39, 0.29) is 5.91 Å². The van der Waals surface area contributed by atoms with Gasteiger partial charge in [-0.15, -0.1) is 0 Å². The molecule has 0 aliphatic heterocycles. The topological polar surface area (TPSA) is 68.3 Å². The maximum atomic E-state index is 12.0. The van der Waals surface area contributed by atoms with Gasteiger partial charge in [0.05, 0.1) is 5.56 Å². The number of nitrogens with zero attached hydrogens (tertiary/aromatic N) is 1. The second-order valence-corrected chi connectivity index (χ2v) is 4.59. The number of pyridine rings is 1. The first-order valence-electron chi connectivity index (χ1n) is 6.55. The van der Waals surface area contributed by atoms with E-state index in [4.69, 9.17) is 4.74 Å². The lowest BCUT2D eigenvalue weighted by molar-refractivity contribution is -0.123. The fraction of sp³-hybridized carbons (Fsp3) is 0.188. The van der Waals surface area contributed by atoms with E-state index in [1.165, 1.54) is 31.5 Å². The quantitative estimate of drug-likeness (QED) is 0.876. The second-order valence-electron chi connectivity index (χ2n) is 4.59. The molecule has 1 amide bonds. The number of amides is 1. The van der Waals surface area contributed by atoms with Crippen molar-refractivity contribution in [2.24, 2.45) is 0 Å². The maximum Gasteiger partial charge on any atom is 0.339 e. The van der Waals surface area contributed by atoms with Crippen molar-refractivity contribution in [3.8, 4) is 0 Å². The number of hydrogen-bond donors (Lipinski definition) is 1. The van der Waals surface area contributed by atoms with Crippen LogP contribution < -0.4 is 5.32 Å². The standard InChI is InChI=1S/C16H16N2O3/c1-11-5-3-4-6-14(11)18-15(19)12(2)21-16(20)13-7-9-17-10-8-13/h3-10,12H,1-2H3,(H,18,19). The molecule has 0 saturated carbocycles. The van der Waals surface area contributed by atoms with Gasteiger partial charge >= 0.3 is 5.97 Å². The first-order chi connectivity index (χ1) is 10.1. The molecule has 1 heterocycles. The van der Waals surface area contributed by atoms with Crippen LogP contribution in [0.2, 0.25) is 0 Å². The summed E-state index contributed by atoms with van der Waals surface area (Å²) in [6, 6.07) is 10.5. The lowest BCUT2D eigenvalue weighted by atomic mass is 10.2. The minimum atomic E-state index is -0.884. The van der Waals surface area contributed by atoms with Crippen molar-refractivity contribution in [1.29, 1.82) is 0 Å². The number of ether oxygens (including phenoxy) is 1. The van der Waals surface area contributed by atoms with Crippen LogP contribution in [0.15, 0.2) is 48.8 Å². The van der Waals surface area contributed by atoms with Gasteiger partial charge in [-0.25, -0.2) is 4.79 Å². The molecule has 0 bridgehead atoms. The largest absolute Gasteiger partial charge is 0.449 e. The molecule has 5 heteroatoms. The SMILES string of the molecule is Cc1ccccc1NC(=O)C(C)OC(=O)c1ccncc1. The first kappa shape index (κ1) is 14.7. The van der Waals surface area contributed by atoms with Crippen molar-refractivity contribution in [1.82, 2.24) is 4.98 Å². The Morgan fingerprint density at radius 2 is 1.81 bits per heavy atom. The van der Waals surface area contributed by atoms with E-state index < -0.39 is 12.1 Å². The van der Waals surface area contributed by atoms with Crippen molar-refractivity contribution in [3.63, 3.8) is 0 Å². The molecule has 108 valence electrons. The van der Waals surface area contributed by atoms with Gasteiger partial charge in [-0.3, -0.25) is 9.78 Å². The first-order valence-corrected chi connectivity index (χ1v) is 6.55. The number of aromatic nitrogens is 1. The van der Waals surface area contributed by atoms with Gasteiger partial charge in [0.2, 0.25) is 0 Å². The van der Waals surface area contributed by atoms with Crippen LogP contribution in [0.1, 0.15) is 22.8 Å². The zero-order valence-electron chi connectivity index (χ0n) is 11.9. The summed E-state index contributed by atoms with van der Waals surface area (Å²) < 4.78 is 5.13. The minimum absolute atomic E-state index is 0.362. The Kier molecular flexibility index (Phi) is 4.66. The predicted molar refractivity (Wildman–Crippen MR) is 78.9 cm³/mol. The maximum absolute atomic E-state index is 12.0. The van der Waals surface area contributed by atoms with Crippen LogP contribution in [0.5, 0.6) is 0 Å². The molecule has 0 aliphatic rings. The number of hydrogen-bond acceptors (Lipinski definition) is 4. The summed E-state index contributed by atoms with van der Waals surface area (Å²) in [4.78, 5) is 27.7. The van der Waals surface area contributed by atoms with Gasteiger partial charge < -0.3 is 10.1 Å². The van der Waals surface area contributed by atoms with Crippen LogP contribution >= 0.6 is 0 Å². The van der Waals surface area contributed by atoms with Crippen LogP contribution in [0.4, 0.5) is 5.69 Å². The van der Waals surface area contributed by atoms with Gasteiger partial charge in [0.1, 0.15) is 0 Å². The molecule has 1 aromatic carbocycles. The fourth-order valence-corrected chi connectivity index (χ4v) is 1.72. The summed E-state index contributed by atoms with van der Waals surface area (Å²) >= 11 is 0. The van der Waals surface area contributed by atoms with Gasteiger partial charge in [0, 0.05) is 18.1 Å². The highest BCUT2D eigenvalue weighted by Crippen LogP contribution is 2.14. The van der Waals surface area contributed by atoms with Gasteiger partial charge in [-0.1, -0.05) is 18.2 Å².